The molecule has 2 aliphatic carbocycles. The third kappa shape index (κ3) is 4.45. The third-order valence-corrected chi connectivity index (χ3v) is 10.2. The number of sulfonamides is 1. The monoisotopic (exact) mass is 651 g/mol. The molecule has 39 heavy (non-hydrogen) atoms. The number of nitriles is 1. The number of fused-ring (bicyclic) bond motifs is 1. The number of Topliss-reactive ketones (excluding diaryl/α,β-unsaturated/α-hetero) is 2. The van der Waals surface area contributed by atoms with E-state index in [0.717, 1.165) is 4.31 Å². The average Bonchev–Trinajstić information content (AvgIpc) is 2.93. The summed E-state index contributed by atoms with van der Waals surface area (Å²) < 4.78 is 34.8. The molecule has 2 aliphatic rings. The fourth-order valence-corrected chi connectivity index (χ4v) is 7.10. The molecule has 1 amide bonds. The quantitative estimate of drug-likeness (QED) is 0.442. The van der Waals surface area contributed by atoms with Crippen LogP contribution in [0.25, 0.3) is 0 Å². The summed E-state index contributed by atoms with van der Waals surface area (Å²) in [6.07, 6.45) is 0.156. The maximum absolute atomic E-state index is 14.0. The smallest absolute Gasteiger partial charge is 0.264 e. The van der Waals surface area contributed by atoms with Gasteiger partial charge in [0.1, 0.15) is 26.6 Å². The molecule has 9 nitrogen and oxygen atoms in total. The zero-order valence-electron chi connectivity index (χ0n) is 20.3. The minimum absolute atomic E-state index is 0.0100. The highest BCUT2D eigenvalue weighted by Gasteiger charge is 2.70. The van der Waals surface area contributed by atoms with Gasteiger partial charge >= 0.3 is 0 Å². The average molecular weight is 653 g/mol. The Morgan fingerprint density at radius 2 is 1.69 bits per heavy atom. The van der Waals surface area contributed by atoms with E-state index >= 15 is 0 Å². The topological polar surface area (TPSA) is 148 Å². The van der Waals surface area contributed by atoms with Crippen molar-refractivity contribution in [1.29, 1.82) is 5.26 Å². The highest BCUT2D eigenvalue weighted by atomic mass is 79.9. The van der Waals surface area contributed by atoms with Crippen LogP contribution in [0.15, 0.2) is 79.7 Å². The minimum Gasteiger partial charge on any atom is -0.497 e. The molecule has 0 aliphatic heterocycles. The van der Waals surface area contributed by atoms with Gasteiger partial charge in [-0.25, -0.2) is 8.42 Å². The lowest BCUT2D eigenvalue weighted by Gasteiger charge is -2.47. The second-order valence-electron chi connectivity index (χ2n) is 8.96. The lowest BCUT2D eigenvalue weighted by atomic mass is 9.51. The Balaban J connectivity index is 1.91. The van der Waals surface area contributed by atoms with E-state index in [9.17, 15) is 28.1 Å². The molecule has 0 radical (unpaired) electrons. The zero-order chi connectivity index (χ0) is 28.8. The number of benzene rings is 2. The lowest BCUT2D eigenvalue weighted by molar-refractivity contribution is -0.153. The Morgan fingerprint density at radius 1 is 1.10 bits per heavy atom. The number of ketones is 2. The Labute approximate surface area is 243 Å². The van der Waals surface area contributed by atoms with Gasteiger partial charge in [0, 0.05) is 16.6 Å². The van der Waals surface area contributed by atoms with Crippen LogP contribution in [0.3, 0.4) is 0 Å². The molecule has 0 unspecified atom stereocenters. The molecular weight excluding hydrogens is 633 g/mol. The summed E-state index contributed by atoms with van der Waals surface area (Å²) in [4.78, 5) is 39.4. The Hall–Kier alpha value is -3.17. The molecule has 0 bridgehead atoms. The minimum atomic E-state index is -4.28. The lowest BCUT2D eigenvalue weighted by Crippen LogP contribution is -2.63. The number of carbonyl (C=O) groups excluding carboxylic acids is 3. The number of primary amides is 1. The molecule has 2 N–H and O–H groups in total. The van der Waals surface area contributed by atoms with Crippen LogP contribution < -0.4 is 10.5 Å². The maximum Gasteiger partial charge on any atom is 0.264 e. The van der Waals surface area contributed by atoms with Crippen LogP contribution in [0.5, 0.6) is 5.75 Å². The molecule has 0 heterocycles. The normalized spacial score (nSPS) is 23.0. The number of methoxy groups -OCH3 is 1. The maximum atomic E-state index is 14.0. The first-order chi connectivity index (χ1) is 18.4. The molecular formula is C26H20BrCl2N3O6S. The largest absolute Gasteiger partial charge is 0.497 e. The van der Waals surface area contributed by atoms with Gasteiger partial charge in [0.15, 0.2) is 11.6 Å². The van der Waals surface area contributed by atoms with Gasteiger partial charge in [-0.3, -0.25) is 18.7 Å². The van der Waals surface area contributed by atoms with Crippen LogP contribution in [0.1, 0.15) is 18.4 Å². The number of hydrogen-bond acceptors (Lipinski definition) is 7. The first kappa shape index (κ1) is 28.8. The van der Waals surface area contributed by atoms with Gasteiger partial charge in [0.05, 0.1) is 24.6 Å². The van der Waals surface area contributed by atoms with E-state index < -0.39 is 61.2 Å². The van der Waals surface area contributed by atoms with E-state index in [4.69, 9.17) is 33.7 Å². The second kappa shape index (κ2) is 10.4. The first-order valence-corrected chi connectivity index (χ1v) is 14.3. The van der Waals surface area contributed by atoms with Crippen LogP contribution in [0.2, 0.25) is 0 Å². The number of nitrogens with zero attached hydrogens (tertiary/aromatic N) is 2. The number of ether oxygens (including phenoxy) is 1. The van der Waals surface area contributed by atoms with Gasteiger partial charge in [-0.15, -0.1) is 0 Å². The molecule has 0 saturated carbocycles. The van der Waals surface area contributed by atoms with Gasteiger partial charge < -0.3 is 10.5 Å². The summed E-state index contributed by atoms with van der Waals surface area (Å²) >= 11 is 15.3. The van der Waals surface area contributed by atoms with Crippen LogP contribution in [0.4, 0.5) is 0 Å². The van der Waals surface area contributed by atoms with Crippen molar-refractivity contribution in [1.82, 2.24) is 4.31 Å². The number of amides is 1. The predicted octanol–water partition coefficient (Wildman–Crippen LogP) is 4.15. The molecule has 13 heteroatoms. The fourth-order valence-electron chi connectivity index (χ4n) is 4.84. The van der Waals surface area contributed by atoms with Crippen molar-refractivity contribution in [2.45, 2.75) is 24.3 Å². The van der Waals surface area contributed by atoms with E-state index in [0.29, 0.717) is 15.8 Å². The Bertz CT molecular complexity index is 1600. The van der Waals surface area contributed by atoms with Crippen LogP contribution in [-0.2, 0) is 31.0 Å². The molecule has 202 valence electrons. The predicted molar refractivity (Wildman–Crippen MR) is 146 cm³/mol. The van der Waals surface area contributed by atoms with Gasteiger partial charge in [-0.2, -0.15) is 5.26 Å². The number of nitrogens with two attached hydrogens (primary N) is 1. The first-order valence-electron chi connectivity index (χ1n) is 11.3. The van der Waals surface area contributed by atoms with Crippen LogP contribution in [0, 0.1) is 22.2 Å². The Morgan fingerprint density at radius 3 is 2.23 bits per heavy atom. The number of rotatable bonds is 7. The third-order valence-electron chi connectivity index (χ3n) is 7.00. The highest BCUT2D eigenvalue weighted by Crippen LogP contribution is 2.58. The van der Waals surface area contributed by atoms with Crippen LogP contribution in [-0.4, -0.2) is 37.3 Å². The van der Waals surface area contributed by atoms with Gasteiger partial charge in [-0.05, 0) is 48.4 Å². The number of halogens is 3. The summed E-state index contributed by atoms with van der Waals surface area (Å²) in [7, 11) is -2.79. The number of allylic oxidation sites excluding steroid dienone is 4. The van der Waals surface area contributed by atoms with Crippen LogP contribution >= 0.6 is 39.1 Å². The summed E-state index contributed by atoms with van der Waals surface area (Å²) in [5.41, 5.74) is 1.43. The van der Waals surface area contributed by atoms with Crippen molar-refractivity contribution >= 4 is 66.6 Å². The molecule has 2 atom stereocenters. The summed E-state index contributed by atoms with van der Waals surface area (Å²) in [6.45, 7) is -0.203. The summed E-state index contributed by atoms with van der Waals surface area (Å²) in [5.74, 6) is -2.82. The zero-order valence-corrected chi connectivity index (χ0v) is 24.2. The van der Waals surface area contributed by atoms with Crippen molar-refractivity contribution in [3.63, 3.8) is 0 Å². The van der Waals surface area contributed by atoms with Crippen molar-refractivity contribution in [2.75, 3.05) is 7.11 Å². The van der Waals surface area contributed by atoms with Crippen molar-refractivity contribution in [2.24, 2.45) is 16.6 Å². The highest BCUT2D eigenvalue weighted by molar-refractivity contribution is 9.10. The Kier molecular flexibility index (Phi) is 7.71. The number of hydrogen-bond donors (Lipinski definition) is 1. The van der Waals surface area contributed by atoms with Gasteiger partial charge in [-0.1, -0.05) is 57.3 Å². The van der Waals surface area contributed by atoms with Gasteiger partial charge in [0.2, 0.25) is 5.91 Å². The van der Waals surface area contributed by atoms with Crippen molar-refractivity contribution in [3.05, 3.63) is 80.4 Å². The molecule has 2 aromatic rings. The molecule has 0 fully saturated rings. The number of carbonyl (C=O) groups is 3. The summed E-state index contributed by atoms with van der Waals surface area (Å²) in [6, 6.07) is 14.3. The molecule has 0 aromatic heterocycles. The molecule has 0 spiro atoms. The van der Waals surface area contributed by atoms with E-state index in [1.54, 1.807) is 42.5 Å². The fraction of sp³-hybridized carbons (Fsp3) is 0.231. The molecule has 2 aromatic carbocycles. The van der Waals surface area contributed by atoms with E-state index in [1.807, 2.05) is 0 Å². The standard InChI is InChI=1S/C26H20BrCl2N3O6S/c1-38-18-6-2-15(3-7-18)13-32(39(36,37)19-8-4-16(27)5-9-19)17-10-11-26(24(31)35)23(34)21(29)20(28)22(33)25(26,12-17)14-30/h2-10H,11-13H2,1H3,(H2,31,35)/t25-,26-/m0/s1. The SMILES string of the molecule is COc1ccc(CN(C2=CC[C@@]3(C(N)=O)C(=O)C(Cl)=C(Cl)C(=O)[C@@]3(C#N)C2)S(=O)(=O)c2ccc(Br)cc2)cc1. The van der Waals surface area contributed by atoms with E-state index in [2.05, 4.69) is 15.9 Å². The second-order valence-corrected chi connectivity index (χ2v) is 12.5. The summed E-state index contributed by atoms with van der Waals surface area (Å²) in [5, 5.41) is 8.91. The van der Waals surface area contributed by atoms with Crippen molar-refractivity contribution < 1.29 is 27.5 Å². The van der Waals surface area contributed by atoms with E-state index in [-0.39, 0.29) is 17.1 Å². The van der Waals surface area contributed by atoms with E-state index in [1.165, 1.54) is 25.3 Å². The molecule has 0 saturated heterocycles. The molecule has 4 rings (SSSR count). The van der Waals surface area contributed by atoms with Gasteiger partial charge in [0.25, 0.3) is 10.0 Å². The van der Waals surface area contributed by atoms with Crippen molar-refractivity contribution in [3.8, 4) is 11.8 Å².